The van der Waals surface area contributed by atoms with E-state index in [2.05, 4.69) is 0 Å². The highest BCUT2D eigenvalue weighted by molar-refractivity contribution is 7.93. The van der Waals surface area contributed by atoms with Crippen molar-refractivity contribution in [3.05, 3.63) is 35.9 Å². The van der Waals surface area contributed by atoms with Crippen molar-refractivity contribution in [3.63, 3.8) is 0 Å². The molecule has 0 aliphatic carbocycles. The Bertz CT molecular complexity index is 394. The third-order valence-corrected chi connectivity index (χ3v) is 5.25. The zero-order valence-corrected chi connectivity index (χ0v) is 8.29. The molecule has 0 bridgehead atoms. The van der Waals surface area contributed by atoms with Gasteiger partial charge in [-0.1, -0.05) is 30.3 Å². The van der Waals surface area contributed by atoms with E-state index in [1.54, 1.807) is 6.92 Å². The van der Waals surface area contributed by atoms with Crippen LogP contribution in [0.3, 0.4) is 0 Å². The van der Waals surface area contributed by atoms with Gasteiger partial charge >= 0.3 is 0 Å². The topological polar surface area (TPSA) is 34.1 Å². The molecule has 70 valence electrons. The summed E-state index contributed by atoms with van der Waals surface area (Å²) in [5.41, 5.74) is 0.931. The molecule has 2 nitrogen and oxygen atoms in total. The van der Waals surface area contributed by atoms with Crippen LogP contribution in [0.5, 0.6) is 0 Å². The number of hydrogen-bond acceptors (Lipinski definition) is 2. The quantitative estimate of drug-likeness (QED) is 0.687. The highest BCUT2D eigenvalue weighted by atomic mass is 32.2. The maximum absolute atomic E-state index is 11.5. The molecule has 1 aromatic carbocycles. The Kier molecular flexibility index (Phi) is 1.91. The van der Waals surface area contributed by atoms with Crippen LogP contribution in [0.1, 0.15) is 24.2 Å². The van der Waals surface area contributed by atoms with Crippen molar-refractivity contribution in [2.45, 2.75) is 23.8 Å². The Hall–Kier alpha value is -0.830. The average Bonchev–Trinajstić information content (AvgIpc) is 2.15. The first-order chi connectivity index (χ1) is 6.12. The zero-order chi connectivity index (χ0) is 9.47. The van der Waals surface area contributed by atoms with Crippen LogP contribution in [0.4, 0.5) is 0 Å². The fourth-order valence-corrected chi connectivity index (χ4v) is 3.48. The summed E-state index contributed by atoms with van der Waals surface area (Å²) in [6.45, 7) is 1.77. The molecule has 1 saturated heterocycles. The van der Waals surface area contributed by atoms with E-state index in [0.29, 0.717) is 0 Å². The van der Waals surface area contributed by atoms with Gasteiger partial charge in [-0.2, -0.15) is 0 Å². The van der Waals surface area contributed by atoms with Crippen LogP contribution in [0.15, 0.2) is 30.3 Å². The smallest absolute Gasteiger partial charge is 0.159 e. The summed E-state index contributed by atoms with van der Waals surface area (Å²) in [5.74, 6) is 0. The zero-order valence-electron chi connectivity index (χ0n) is 7.47. The van der Waals surface area contributed by atoms with E-state index in [9.17, 15) is 8.42 Å². The van der Waals surface area contributed by atoms with Crippen molar-refractivity contribution in [2.75, 3.05) is 0 Å². The van der Waals surface area contributed by atoms with E-state index in [-0.39, 0.29) is 10.5 Å². The van der Waals surface area contributed by atoms with Gasteiger partial charge in [0, 0.05) is 0 Å². The minimum absolute atomic E-state index is 0.155. The fraction of sp³-hybridized carbons (Fsp3) is 0.400. The fourth-order valence-electron chi connectivity index (χ4n) is 1.72. The maximum Gasteiger partial charge on any atom is 0.159 e. The van der Waals surface area contributed by atoms with E-state index >= 15 is 0 Å². The monoisotopic (exact) mass is 196 g/mol. The number of sulfone groups is 1. The lowest BCUT2D eigenvalue weighted by molar-refractivity contribution is 0.521. The third-order valence-electron chi connectivity index (χ3n) is 2.67. The highest BCUT2D eigenvalue weighted by Crippen LogP contribution is 2.41. The van der Waals surface area contributed by atoms with Crippen molar-refractivity contribution >= 4 is 9.84 Å². The van der Waals surface area contributed by atoms with E-state index < -0.39 is 9.84 Å². The second-order valence-electron chi connectivity index (χ2n) is 3.53. The van der Waals surface area contributed by atoms with Crippen molar-refractivity contribution in [1.82, 2.24) is 0 Å². The summed E-state index contributed by atoms with van der Waals surface area (Å²) in [7, 11) is -2.85. The Morgan fingerprint density at radius 2 is 1.85 bits per heavy atom. The van der Waals surface area contributed by atoms with E-state index in [1.807, 2.05) is 30.3 Å². The molecule has 1 aliphatic rings. The van der Waals surface area contributed by atoms with Gasteiger partial charge in [-0.25, -0.2) is 8.42 Å². The molecule has 1 aromatic rings. The predicted octanol–water partition coefficient (Wildman–Crippen LogP) is 1.93. The average molecular weight is 196 g/mol. The standard InChI is InChI=1S/C10H12O2S/c1-8-7-10(13(8,11)12)9-5-3-2-4-6-9/h2-6,8,10H,7H2,1H3/t8-,10-/m1/s1. The van der Waals surface area contributed by atoms with E-state index in [0.717, 1.165) is 12.0 Å². The minimum atomic E-state index is -2.85. The summed E-state index contributed by atoms with van der Waals surface area (Å²) in [6.07, 6.45) is 0.770. The molecule has 0 aromatic heterocycles. The van der Waals surface area contributed by atoms with E-state index in [4.69, 9.17) is 0 Å². The first kappa shape index (κ1) is 8.75. The summed E-state index contributed by atoms with van der Waals surface area (Å²) in [6, 6.07) is 9.43. The first-order valence-corrected chi connectivity index (χ1v) is 6.01. The molecule has 0 unspecified atom stereocenters. The molecular formula is C10H12O2S. The van der Waals surface area contributed by atoms with Gasteiger partial charge in [0.05, 0.1) is 10.5 Å². The number of benzene rings is 1. The third kappa shape index (κ3) is 1.27. The van der Waals surface area contributed by atoms with Gasteiger partial charge in [0.1, 0.15) is 0 Å². The van der Waals surface area contributed by atoms with Crippen LogP contribution in [0.2, 0.25) is 0 Å². The normalized spacial score (nSPS) is 30.8. The Morgan fingerprint density at radius 3 is 2.31 bits per heavy atom. The predicted molar refractivity (Wildman–Crippen MR) is 52.2 cm³/mol. The summed E-state index contributed by atoms with van der Waals surface area (Å²) in [4.78, 5) is 0. The molecule has 1 heterocycles. The maximum atomic E-state index is 11.5. The molecule has 0 amide bonds. The van der Waals surface area contributed by atoms with Crippen LogP contribution in [0.25, 0.3) is 0 Å². The molecule has 3 heteroatoms. The number of rotatable bonds is 1. The lowest BCUT2D eigenvalue weighted by atomic mass is 10.1. The van der Waals surface area contributed by atoms with E-state index in [1.165, 1.54) is 0 Å². The first-order valence-electron chi connectivity index (χ1n) is 4.40. The summed E-state index contributed by atoms with van der Waals surface area (Å²) < 4.78 is 23.1. The van der Waals surface area contributed by atoms with Gasteiger partial charge in [0.25, 0.3) is 0 Å². The SMILES string of the molecule is C[C@@H]1C[C@H](c2ccccc2)S1(=O)=O. The molecular weight excluding hydrogens is 184 g/mol. The van der Waals surface area contributed by atoms with Gasteiger partial charge in [-0.3, -0.25) is 0 Å². The molecule has 0 radical (unpaired) electrons. The van der Waals surface area contributed by atoms with Gasteiger partial charge in [-0.15, -0.1) is 0 Å². The van der Waals surface area contributed by atoms with Crippen LogP contribution in [-0.2, 0) is 9.84 Å². The molecule has 0 saturated carbocycles. The van der Waals surface area contributed by atoms with Gasteiger partial charge in [0.2, 0.25) is 0 Å². The van der Waals surface area contributed by atoms with Crippen molar-refractivity contribution < 1.29 is 8.42 Å². The lowest BCUT2D eigenvalue weighted by Gasteiger charge is -2.32. The molecule has 0 spiro atoms. The molecule has 2 rings (SSSR count). The molecule has 1 fully saturated rings. The summed E-state index contributed by atoms with van der Waals surface area (Å²) >= 11 is 0. The van der Waals surface area contributed by atoms with Crippen molar-refractivity contribution in [3.8, 4) is 0 Å². The largest absolute Gasteiger partial charge is 0.228 e. The Morgan fingerprint density at radius 1 is 1.23 bits per heavy atom. The van der Waals surface area contributed by atoms with Gasteiger partial charge in [0.15, 0.2) is 9.84 Å². The molecule has 13 heavy (non-hydrogen) atoms. The van der Waals surface area contributed by atoms with Gasteiger partial charge < -0.3 is 0 Å². The van der Waals surface area contributed by atoms with Gasteiger partial charge in [-0.05, 0) is 18.9 Å². The minimum Gasteiger partial charge on any atom is -0.228 e. The van der Waals surface area contributed by atoms with Crippen molar-refractivity contribution in [1.29, 1.82) is 0 Å². The Balaban J connectivity index is 2.33. The molecule has 1 aliphatic heterocycles. The molecule has 2 atom stereocenters. The Labute approximate surface area is 78.5 Å². The number of hydrogen-bond donors (Lipinski definition) is 0. The van der Waals surface area contributed by atoms with Crippen molar-refractivity contribution in [2.24, 2.45) is 0 Å². The van der Waals surface area contributed by atoms with Crippen LogP contribution in [-0.4, -0.2) is 13.7 Å². The van der Waals surface area contributed by atoms with Crippen LogP contribution in [0, 0.1) is 0 Å². The lowest BCUT2D eigenvalue weighted by Crippen LogP contribution is -2.37. The highest BCUT2D eigenvalue weighted by Gasteiger charge is 2.43. The molecule has 0 N–H and O–H groups in total. The van der Waals surface area contributed by atoms with Crippen LogP contribution >= 0.6 is 0 Å². The summed E-state index contributed by atoms with van der Waals surface area (Å²) in [5, 5.41) is -0.401. The second-order valence-corrected chi connectivity index (χ2v) is 6.09. The second kappa shape index (κ2) is 2.84. The van der Waals surface area contributed by atoms with Crippen LogP contribution < -0.4 is 0 Å².